The number of pyridine rings is 1. The molecular formula is C27H22F6N6O4S. The Morgan fingerprint density at radius 3 is 2.23 bits per heavy atom. The minimum atomic E-state index is -4.92. The average Bonchev–Trinajstić information content (AvgIpc) is 3.44. The molecule has 0 aliphatic carbocycles. The second-order valence-corrected chi connectivity index (χ2v) is 12.2. The Kier molecular flexibility index (Phi) is 7.54. The standard InChI is InChI=1S/C27H22F6N6O4S/c1-25(35,27(31,32)33)24-38-37-22(43-24)16-6-9-21-20(10-16)39(23(40)18(34)13-44(21,41)42)12-14-2-4-15(5-3-14)19-8-7-17(11-36-19)26(28,29)30/h2-11,18H,12-13,34-35H2,1H3/t18-,25+/m0/s1. The molecule has 0 radical (unpaired) electrons. The lowest BCUT2D eigenvalue weighted by atomic mass is 10.0. The number of carbonyl (C=O) groups excluding carboxylic acids is 1. The second-order valence-electron chi connectivity index (χ2n) is 10.2. The largest absolute Gasteiger partial charge is 0.418 e. The van der Waals surface area contributed by atoms with Crippen LogP contribution in [0.25, 0.3) is 22.7 Å². The Labute approximate surface area is 245 Å². The number of halogens is 6. The van der Waals surface area contributed by atoms with Crippen LogP contribution in [0.4, 0.5) is 32.0 Å². The van der Waals surface area contributed by atoms with Crippen molar-refractivity contribution in [3.63, 3.8) is 0 Å². The normalized spacial score (nSPS) is 18.4. The van der Waals surface area contributed by atoms with Crippen LogP contribution < -0.4 is 16.4 Å². The quantitative estimate of drug-likeness (QED) is 0.305. The van der Waals surface area contributed by atoms with E-state index in [4.69, 9.17) is 15.9 Å². The number of nitrogens with zero attached hydrogens (tertiary/aromatic N) is 4. The monoisotopic (exact) mass is 640 g/mol. The van der Waals surface area contributed by atoms with E-state index in [9.17, 15) is 39.6 Å². The van der Waals surface area contributed by atoms with Gasteiger partial charge in [0.15, 0.2) is 15.4 Å². The number of anilines is 1. The Balaban J connectivity index is 1.50. The number of carbonyl (C=O) groups is 1. The maximum atomic E-state index is 13.4. The highest BCUT2D eigenvalue weighted by atomic mass is 32.2. The highest BCUT2D eigenvalue weighted by Crippen LogP contribution is 2.39. The fourth-order valence-corrected chi connectivity index (χ4v) is 5.93. The third-order valence-electron chi connectivity index (χ3n) is 6.95. The predicted octanol–water partition coefficient (Wildman–Crippen LogP) is 4.20. The van der Waals surface area contributed by atoms with Gasteiger partial charge in [0.05, 0.1) is 40.2 Å². The molecule has 0 saturated heterocycles. The molecule has 10 nitrogen and oxygen atoms in total. The van der Waals surface area contributed by atoms with Crippen molar-refractivity contribution in [1.82, 2.24) is 15.2 Å². The molecule has 232 valence electrons. The van der Waals surface area contributed by atoms with E-state index < -0.39 is 62.8 Å². The zero-order valence-corrected chi connectivity index (χ0v) is 23.3. The molecule has 1 amide bonds. The Hall–Kier alpha value is -4.35. The molecule has 1 aliphatic heterocycles. The summed E-state index contributed by atoms with van der Waals surface area (Å²) >= 11 is 0. The van der Waals surface area contributed by atoms with Crippen molar-refractivity contribution < 1.29 is 44.0 Å². The molecule has 0 fully saturated rings. The topological polar surface area (TPSA) is 158 Å². The lowest BCUT2D eigenvalue weighted by Crippen LogP contribution is -2.48. The number of amides is 1. The van der Waals surface area contributed by atoms with Gasteiger partial charge in [-0.3, -0.25) is 9.78 Å². The summed E-state index contributed by atoms with van der Waals surface area (Å²) in [6, 6.07) is 10.5. The van der Waals surface area contributed by atoms with Gasteiger partial charge in [-0.05, 0) is 42.8 Å². The number of rotatable bonds is 5. The van der Waals surface area contributed by atoms with Crippen LogP contribution in [-0.2, 0) is 32.9 Å². The van der Waals surface area contributed by atoms with E-state index in [0.29, 0.717) is 24.2 Å². The molecule has 0 bridgehead atoms. The van der Waals surface area contributed by atoms with E-state index in [0.717, 1.165) is 17.0 Å². The van der Waals surface area contributed by atoms with Crippen molar-refractivity contribution in [3.8, 4) is 22.7 Å². The molecule has 0 saturated carbocycles. The summed E-state index contributed by atoms with van der Waals surface area (Å²) in [7, 11) is -4.09. The van der Waals surface area contributed by atoms with Crippen LogP contribution in [0.15, 0.2) is 70.1 Å². The van der Waals surface area contributed by atoms with E-state index in [1.54, 1.807) is 24.3 Å². The lowest BCUT2D eigenvalue weighted by molar-refractivity contribution is -0.190. The molecule has 4 aromatic rings. The van der Waals surface area contributed by atoms with Gasteiger partial charge in [-0.15, -0.1) is 10.2 Å². The summed E-state index contributed by atoms with van der Waals surface area (Å²) in [5.41, 5.74) is 8.54. The zero-order chi connectivity index (χ0) is 32.2. The average molecular weight is 641 g/mol. The van der Waals surface area contributed by atoms with Gasteiger partial charge >= 0.3 is 12.4 Å². The van der Waals surface area contributed by atoms with Crippen LogP contribution >= 0.6 is 0 Å². The maximum Gasteiger partial charge on any atom is 0.417 e. The summed E-state index contributed by atoms with van der Waals surface area (Å²) in [5.74, 6) is -2.79. The predicted molar refractivity (Wildman–Crippen MR) is 143 cm³/mol. The minimum Gasteiger partial charge on any atom is -0.418 e. The fourth-order valence-electron chi connectivity index (χ4n) is 4.37. The number of nitrogens with two attached hydrogens (primary N) is 2. The van der Waals surface area contributed by atoms with Gasteiger partial charge in [-0.1, -0.05) is 24.3 Å². The summed E-state index contributed by atoms with van der Waals surface area (Å²) < 4.78 is 110. The van der Waals surface area contributed by atoms with E-state index in [2.05, 4.69) is 15.2 Å². The van der Waals surface area contributed by atoms with E-state index in [1.165, 1.54) is 18.2 Å². The van der Waals surface area contributed by atoms with Crippen LogP contribution in [0.3, 0.4) is 0 Å². The highest BCUT2D eigenvalue weighted by molar-refractivity contribution is 7.91. The third kappa shape index (κ3) is 5.77. The van der Waals surface area contributed by atoms with Crippen LogP contribution in [-0.4, -0.2) is 47.5 Å². The van der Waals surface area contributed by atoms with Gasteiger partial charge in [0, 0.05) is 17.3 Å². The molecule has 4 N–H and O–H groups in total. The molecule has 0 spiro atoms. The van der Waals surface area contributed by atoms with Crippen molar-refractivity contribution in [2.24, 2.45) is 11.5 Å². The maximum absolute atomic E-state index is 13.4. The number of alkyl halides is 6. The fraction of sp³-hybridized carbons (Fsp3) is 0.259. The van der Waals surface area contributed by atoms with Crippen molar-refractivity contribution in [2.75, 3.05) is 10.7 Å². The molecule has 44 heavy (non-hydrogen) atoms. The molecule has 17 heteroatoms. The molecule has 2 atom stereocenters. The first kappa shape index (κ1) is 31.1. The van der Waals surface area contributed by atoms with Crippen molar-refractivity contribution >= 4 is 21.4 Å². The van der Waals surface area contributed by atoms with Crippen molar-refractivity contribution in [3.05, 3.63) is 77.8 Å². The Morgan fingerprint density at radius 2 is 1.64 bits per heavy atom. The molecular weight excluding hydrogens is 618 g/mol. The Bertz CT molecular complexity index is 1820. The number of fused-ring (bicyclic) bond motifs is 1. The summed E-state index contributed by atoms with van der Waals surface area (Å²) in [4.78, 5) is 18.0. The number of benzene rings is 2. The van der Waals surface area contributed by atoms with Gasteiger partial charge in [0.25, 0.3) is 0 Å². The first-order valence-corrected chi connectivity index (χ1v) is 14.3. The SMILES string of the molecule is C[C@@](N)(c1nnc(-c2ccc3c(c2)N(Cc2ccc(-c4ccc(C(F)(F)F)cn4)cc2)C(=O)[C@@H](N)CS3(=O)=O)o1)C(F)(F)F. The summed E-state index contributed by atoms with van der Waals surface area (Å²) in [5, 5.41) is 7.05. The first-order valence-electron chi connectivity index (χ1n) is 12.6. The smallest absolute Gasteiger partial charge is 0.417 e. The molecule has 0 unspecified atom stereocenters. The number of aromatic nitrogens is 3. The van der Waals surface area contributed by atoms with Gasteiger partial charge in [0.2, 0.25) is 17.7 Å². The molecule has 1 aliphatic rings. The van der Waals surface area contributed by atoms with Crippen molar-refractivity contribution in [2.45, 2.75) is 42.3 Å². The molecule has 2 aromatic carbocycles. The highest BCUT2D eigenvalue weighted by Gasteiger charge is 2.53. The van der Waals surface area contributed by atoms with Gasteiger partial charge < -0.3 is 20.8 Å². The summed E-state index contributed by atoms with van der Waals surface area (Å²) in [6.07, 6.45) is -8.76. The lowest BCUT2D eigenvalue weighted by Gasteiger charge is -2.24. The van der Waals surface area contributed by atoms with Crippen LogP contribution in [0, 0.1) is 0 Å². The second kappa shape index (κ2) is 10.7. The van der Waals surface area contributed by atoms with Crippen molar-refractivity contribution in [1.29, 1.82) is 0 Å². The minimum absolute atomic E-state index is 0.00710. The third-order valence-corrected chi connectivity index (χ3v) is 8.77. The van der Waals surface area contributed by atoms with E-state index in [-0.39, 0.29) is 28.4 Å². The molecule has 2 aromatic heterocycles. The Morgan fingerprint density at radius 1 is 0.977 bits per heavy atom. The van der Waals surface area contributed by atoms with Gasteiger partial charge in [-0.2, -0.15) is 26.3 Å². The van der Waals surface area contributed by atoms with Crippen LogP contribution in [0.2, 0.25) is 0 Å². The van der Waals surface area contributed by atoms with Crippen LogP contribution in [0.5, 0.6) is 0 Å². The van der Waals surface area contributed by atoms with E-state index >= 15 is 0 Å². The van der Waals surface area contributed by atoms with Crippen LogP contribution in [0.1, 0.15) is 23.9 Å². The first-order chi connectivity index (χ1) is 20.4. The summed E-state index contributed by atoms with van der Waals surface area (Å²) in [6.45, 7) is 0.456. The molecule has 5 rings (SSSR count). The van der Waals surface area contributed by atoms with Gasteiger partial charge in [0.1, 0.15) is 0 Å². The number of hydrogen-bond acceptors (Lipinski definition) is 9. The van der Waals surface area contributed by atoms with E-state index in [1.807, 2.05) is 0 Å². The zero-order valence-electron chi connectivity index (χ0n) is 22.5. The number of hydrogen-bond donors (Lipinski definition) is 2. The van der Waals surface area contributed by atoms with Gasteiger partial charge in [-0.25, -0.2) is 8.42 Å². The molecule has 3 heterocycles. The number of sulfone groups is 1.